The summed E-state index contributed by atoms with van der Waals surface area (Å²) >= 11 is 0. The molecule has 5 aliphatic carbocycles. The highest BCUT2D eigenvalue weighted by molar-refractivity contribution is 6.05. The van der Waals surface area contributed by atoms with Crippen LogP contribution in [0.4, 0.5) is 0 Å². The number of ketones is 1. The summed E-state index contributed by atoms with van der Waals surface area (Å²) in [5.41, 5.74) is 0.948. The molecule has 188 valence electrons. The summed E-state index contributed by atoms with van der Waals surface area (Å²) in [5.74, 6) is 0.0782. The molecule has 0 radical (unpaired) electrons. The van der Waals surface area contributed by atoms with E-state index >= 15 is 0 Å². The van der Waals surface area contributed by atoms with E-state index in [9.17, 15) is 19.8 Å². The molecule has 0 bridgehead atoms. The van der Waals surface area contributed by atoms with E-state index in [0.717, 1.165) is 56.1 Å². The SMILES string of the molecule is CC(C)C1=C2[C@H]3CC[C@@H]4[C@@]5(C)CC[C@H](O)[C@@]6(C)N[C@@]56CC[C@@]4(C)[C@]3(C)CC[C@@]2(C(=O)O)CC1=O. The number of nitrogens with one attached hydrogen (secondary N) is 1. The van der Waals surface area contributed by atoms with E-state index in [4.69, 9.17) is 0 Å². The molecule has 0 aromatic heterocycles. The Morgan fingerprint density at radius 3 is 2.26 bits per heavy atom. The summed E-state index contributed by atoms with van der Waals surface area (Å²) in [6, 6.07) is 0. The van der Waals surface area contributed by atoms with E-state index < -0.39 is 11.4 Å². The van der Waals surface area contributed by atoms with Gasteiger partial charge in [-0.3, -0.25) is 14.9 Å². The first kappa shape index (κ1) is 23.2. The van der Waals surface area contributed by atoms with Crippen molar-refractivity contribution in [2.24, 2.45) is 39.4 Å². The average molecular weight is 470 g/mol. The number of Topliss-reactive ketones (excluding diaryl/α,β-unsaturated/α-hetero) is 1. The fourth-order valence-electron chi connectivity index (χ4n) is 11.2. The number of aliphatic hydroxyl groups is 1. The third-order valence-electron chi connectivity index (χ3n) is 13.2. The molecule has 1 saturated heterocycles. The lowest BCUT2D eigenvalue weighted by Crippen LogP contribution is -2.67. The van der Waals surface area contributed by atoms with Crippen molar-refractivity contribution in [1.82, 2.24) is 5.32 Å². The van der Waals surface area contributed by atoms with Crippen molar-refractivity contribution in [2.75, 3.05) is 0 Å². The summed E-state index contributed by atoms with van der Waals surface area (Å²) in [6.45, 7) is 13.8. The van der Waals surface area contributed by atoms with Crippen molar-refractivity contribution in [1.29, 1.82) is 0 Å². The van der Waals surface area contributed by atoms with Gasteiger partial charge in [0.1, 0.15) is 0 Å². The predicted octanol–water partition coefficient (Wildman–Crippen LogP) is 4.87. The van der Waals surface area contributed by atoms with Gasteiger partial charge in [-0.25, -0.2) is 0 Å². The van der Waals surface area contributed by atoms with E-state index in [0.29, 0.717) is 12.3 Å². The van der Waals surface area contributed by atoms with Crippen LogP contribution in [0.2, 0.25) is 0 Å². The third kappa shape index (κ3) is 2.19. The second-order valence-corrected chi connectivity index (χ2v) is 14.2. The number of allylic oxidation sites excluding steroid dienone is 1. The summed E-state index contributed by atoms with van der Waals surface area (Å²) in [7, 11) is 0. The largest absolute Gasteiger partial charge is 0.481 e. The van der Waals surface area contributed by atoms with Gasteiger partial charge in [-0.15, -0.1) is 0 Å². The standard InChI is InChI=1S/C29H43NO4/c1-16(2)21-18(31)15-28(23(33)34)13-11-24(3)17(22(21)28)7-8-19-25(24,4)12-14-29-26(19,5)10-9-20(32)27(29,6)30-29/h16-17,19-20,30,32H,7-15H2,1-6H3,(H,33,34)/t17-,19+,20+,24-,25-,26-,27-,28-,29+/m1/s1. The molecule has 4 saturated carbocycles. The summed E-state index contributed by atoms with van der Waals surface area (Å²) in [5, 5.41) is 25.2. The lowest BCUT2D eigenvalue weighted by Gasteiger charge is -2.70. The summed E-state index contributed by atoms with van der Waals surface area (Å²) in [6.07, 6.45) is 7.52. The molecule has 0 aromatic carbocycles. The van der Waals surface area contributed by atoms with Gasteiger partial charge >= 0.3 is 5.97 Å². The van der Waals surface area contributed by atoms with Crippen LogP contribution in [-0.4, -0.2) is 39.1 Å². The van der Waals surface area contributed by atoms with Gasteiger partial charge < -0.3 is 10.2 Å². The molecule has 3 N–H and O–H groups in total. The molecular weight excluding hydrogens is 426 g/mol. The Labute approximate surface area is 204 Å². The normalized spacial score (nSPS) is 55.8. The van der Waals surface area contributed by atoms with E-state index in [1.54, 1.807) is 0 Å². The molecule has 5 heteroatoms. The van der Waals surface area contributed by atoms with Gasteiger partial charge in [-0.05, 0) is 103 Å². The minimum absolute atomic E-state index is 0.0130. The molecule has 6 aliphatic rings. The fourth-order valence-corrected chi connectivity index (χ4v) is 11.2. The van der Waals surface area contributed by atoms with Crippen LogP contribution in [0.1, 0.15) is 99.3 Å². The molecule has 0 amide bonds. The highest BCUT2D eigenvalue weighted by atomic mass is 16.4. The smallest absolute Gasteiger partial charge is 0.314 e. The van der Waals surface area contributed by atoms with E-state index in [1.807, 2.05) is 0 Å². The van der Waals surface area contributed by atoms with Gasteiger partial charge in [0.2, 0.25) is 0 Å². The number of aliphatic carboxylic acids is 1. The number of rotatable bonds is 2. The lowest BCUT2D eigenvalue weighted by atomic mass is 9.33. The number of carboxylic acid groups (broad SMARTS) is 1. The number of aliphatic hydroxyl groups excluding tert-OH is 1. The van der Waals surface area contributed by atoms with Gasteiger partial charge in [-0.1, -0.05) is 34.6 Å². The molecule has 9 atom stereocenters. The van der Waals surface area contributed by atoms with Crippen LogP contribution in [0.15, 0.2) is 11.1 Å². The molecule has 1 spiro atoms. The highest BCUT2D eigenvalue weighted by Crippen LogP contribution is 2.79. The molecule has 5 fully saturated rings. The van der Waals surface area contributed by atoms with E-state index in [2.05, 4.69) is 46.9 Å². The zero-order chi connectivity index (χ0) is 24.7. The van der Waals surface area contributed by atoms with Crippen molar-refractivity contribution in [2.45, 2.75) is 117 Å². The Bertz CT molecular complexity index is 1030. The second kappa shape index (κ2) is 6.37. The Morgan fingerprint density at radius 1 is 0.941 bits per heavy atom. The molecular formula is C29H43NO4. The third-order valence-corrected chi connectivity index (χ3v) is 13.2. The Hall–Kier alpha value is -1.20. The lowest BCUT2D eigenvalue weighted by molar-refractivity contribution is -0.194. The maximum absolute atomic E-state index is 13.2. The molecule has 0 aromatic rings. The Kier molecular flexibility index (Phi) is 4.35. The molecule has 6 rings (SSSR count). The van der Waals surface area contributed by atoms with Crippen LogP contribution in [0, 0.1) is 39.4 Å². The minimum atomic E-state index is -0.977. The van der Waals surface area contributed by atoms with Crippen LogP contribution in [0.3, 0.4) is 0 Å². The molecule has 1 heterocycles. The minimum Gasteiger partial charge on any atom is -0.481 e. The van der Waals surface area contributed by atoms with Crippen LogP contribution in [0.5, 0.6) is 0 Å². The monoisotopic (exact) mass is 469 g/mol. The van der Waals surface area contributed by atoms with Crippen molar-refractivity contribution >= 4 is 11.8 Å². The van der Waals surface area contributed by atoms with Gasteiger partial charge in [-0.2, -0.15) is 0 Å². The first-order valence-electron chi connectivity index (χ1n) is 13.7. The predicted molar refractivity (Wildman–Crippen MR) is 130 cm³/mol. The number of hydrogen-bond donors (Lipinski definition) is 3. The number of fused-ring (bicyclic) bond motifs is 6. The van der Waals surface area contributed by atoms with Crippen molar-refractivity contribution in [3.63, 3.8) is 0 Å². The van der Waals surface area contributed by atoms with Gasteiger partial charge in [0.05, 0.1) is 17.1 Å². The van der Waals surface area contributed by atoms with Crippen LogP contribution in [0.25, 0.3) is 0 Å². The molecule has 1 aliphatic heterocycles. The molecule has 5 nitrogen and oxygen atoms in total. The molecule has 0 unspecified atom stereocenters. The highest BCUT2D eigenvalue weighted by Gasteiger charge is 2.82. The number of carbonyl (C=O) groups is 2. The number of hydrogen-bond acceptors (Lipinski definition) is 4. The van der Waals surface area contributed by atoms with E-state index in [-0.39, 0.29) is 57.5 Å². The zero-order valence-corrected chi connectivity index (χ0v) is 21.9. The number of carbonyl (C=O) groups excluding carboxylic acids is 1. The quantitative estimate of drug-likeness (QED) is 0.501. The zero-order valence-electron chi connectivity index (χ0n) is 21.9. The second-order valence-electron chi connectivity index (χ2n) is 14.2. The van der Waals surface area contributed by atoms with Crippen LogP contribution in [-0.2, 0) is 9.59 Å². The first-order chi connectivity index (χ1) is 15.7. The van der Waals surface area contributed by atoms with Gasteiger partial charge in [0.25, 0.3) is 0 Å². The van der Waals surface area contributed by atoms with Crippen LogP contribution < -0.4 is 5.32 Å². The van der Waals surface area contributed by atoms with Crippen molar-refractivity contribution in [3.8, 4) is 0 Å². The first-order valence-corrected chi connectivity index (χ1v) is 13.7. The topological polar surface area (TPSA) is 96.5 Å². The van der Waals surface area contributed by atoms with Crippen molar-refractivity contribution < 1.29 is 19.8 Å². The van der Waals surface area contributed by atoms with Crippen molar-refractivity contribution in [3.05, 3.63) is 11.1 Å². The fraction of sp³-hybridized carbons (Fsp3) is 0.862. The average Bonchev–Trinajstić information content (AvgIpc) is 3.28. The number of carboxylic acids is 1. The van der Waals surface area contributed by atoms with Crippen LogP contribution >= 0.6 is 0 Å². The summed E-state index contributed by atoms with van der Waals surface area (Å²) < 4.78 is 0. The van der Waals surface area contributed by atoms with E-state index in [1.165, 1.54) is 0 Å². The summed E-state index contributed by atoms with van der Waals surface area (Å²) in [4.78, 5) is 26.0. The molecule has 34 heavy (non-hydrogen) atoms. The van der Waals surface area contributed by atoms with Gasteiger partial charge in [0.15, 0.2) is 5.78 Å². The Morgan fingerprint density at radius 2 is 1.62 bits per heavy atom. The maximum atomic E-state index is 13.2. The Balaban J connectivity index is 1.47. The van der Waals surface area contributed by atoms with Gasteiger partial charge in [0, 0.05) is 12.0 Å². The maximum Gasteiger partial charge on any atom is 0.314 e.